The Morgan fingerprint density at radius 1 is 1.30 bits per heavy atom. The predicted octanol–water partition coefficient (Wildman–Crippen LogP) is 1.59. The van der Waals surface area contributed by atoms with Crippen LogP contribution < -0.4 is 0 Å². The molecule has 23 heavy (non-hydrogen) atoms. The van der Waals surface area contributed by atoms with E-state index >= 15 is 0 Å². The third-order valence-electron chi connectivity index (χ3n) is 4.93. The van der Waals surface area contributed by atoms with E-state index in [1.165, 1.54) is 0 Å². The number of hydrogen-bond donors (Lipinski definition) is 0. The predicted molar refractivity (Wildman–Crippen MR) is 89.2 cm³/mol. The van der Waals surface area contributed by atoms with E-state index in [4.69, 9.17) is 0 Å². The summed E-state index contributed by atoms with van der Waals surface area (Å²) in [7, 11) is 3.96. The summed E-state index contributed by atoms with van der Waals surface area (Å²) in [6.45, 7) is 7.46. The Bertz CT molecular complexity index is 702. The van der Waals surface area contributed by atoms with Gasteiger partial charge in [-0.3, -0.25) is 9.69 Å². The van der Waals surface area contributed by atoms with Crippen molar-refractivity contribution >= 4 is 5.91 Å². The van der Waals surface area contributed by atoms with Crippen LogP contribution in [0.25, 0.3) is 0 Å². The number of aromatic nitrogens is 3. The first-order valence-corrected chi connectivity index (χ1v) is 8.15. The Hall–Kier alpha value is -2.08. The highest BCUT2D eigenvalue weighted by Gasteiger charge is 2.32. The highest BCUT2D eigenvalue weighted by molar-refractivity contribution is 5.93. The minimum absolute atomic E-state index is 0.107. The van der Waals surface area contributed by atoms with Gasteiger partial charge in [-0.05, 0) is 25.6 Å². The molecule has 0 aliphatic carbocycles. The van der Waals surface area contributed by atoms with E-state index in [9.17, 15) is 4.79 Å². The number of rotatable bonds is 3. The Morgan fingerprint density at radius 3 is 2.65 bits per heavy atom. The van der Waals surface area contributed by atoms with Gasteiger partial charge in [-0.2, -0.15) is 0 Å². The maximum atomic E-state index is 12.9. The fourth-order valence-corrected chi connectivity index (χ4v) is 3.32. The van der Waals surface area contributed by atoms with Gasteiger partial charge < -0.3 is 14.0 Å². The van der Waals surface area contributed by atoms with Gasteiger partial charge in [0.25, 0.3) is 5.91 Å². The summed E-state index contributed by atoms with van der Waals surface area (Å²) in [4.78, 5) is 21.7. The van der Waals surface area contributed by atoms with Crippen molar-refractivity contribution in [1.29, 1.82) is 0 Å². The molecule has 1 atom stereocenters. The van der Waals surface area contributed by atoms with Crippen LogP contribution >= 0.6 is 0 Å². The number of hydrogen-bond acceptors (Lipinski definition) is 3. The number of aryl methyl sites for hydroxylation is 2. The van der Waals surface area contributed by atoms with E-state index in [-0.39, 0.29) is 11.9 Å². The molecule has 124 valence electrons. The standard InChI is InChI=1S/C17H25N5O/c1-5-21-10-11-22(12-15(21)16-18-8-9-19(16)3)17(23)14-7-6-13(2)20(14)4/h6-9,15H,5,10-12H2,1-4H3. The molecule has 6 nitrogen and oxygen atoms in total. The molecule has 1 aliphatic heterocycles. The number of piperazine rings is 1. The number of amides is 1. The molecule has 6 heteroatoms. The maximum Gasteiger partial charge on any atom is 0.270 e. The summed E-state index contributed by atoms with van der Waals surface area (Å²) < 4.78 is 4.01. The van der Waals surface area contributed by atoms with Crippen LogP contribution in [0.1, 0.15) is 35.0 Å². The third-order valence-corrected chi connectivity index (χ3v) is 4.93. The third kappa shape index (κ3) is 2.79. The summed E-state index contributed by atoms with van der Waals surface area (Å²) in [5, 5.41) is 0. The number of likely N-dealkylation sites (N-methyl/N-ethyl adjacent to an activating group) is 1. The lowest BCUT2D eigenvalue weighted by atomic mass is 10.1. The second-order valence-electron chi connectivity index (χ2n) is 6.21. The molecule has 3 heterocycles. The van der Waals surface area contributed by atoms with Crippen molar-refractivity contribution in [3.8, 4) is 0 Å². The van der Waals surface area contributed by atoms with Gasteiger partial charge in [-0.1, -0.05) is 6.92 Å². The van der Waals surface area contributed by atoms with Crippen molar-refractivity contribution in [3.63, 3.8) is 0 Å². The summed E-state index contributed by atoms with van der Waals surface area (Å²) >= 11 is 0. The minimum atomic E-state index is 0.107. The Labute approximate surface area is 137 Å². The second kappa shape index (κ2) is 6.20. The molecule has 1 unspecified atom stereocenters. The van der Waals surface area contributed by atoms with Gasteiger partial charge in [0, 0.05) is 51.8 Å². The molecule has 0 N–H and O–H groups in total. The van der Waals surface area contributed by atoms with E-state index in [1.54, 1.807) is 0 Å². The van der Waals surface area contributed by atoms with Crippen molar-refractivity contribution in [2.24, 2.45) is 14.1 Å². The lowest BCUT2D eigenvalue weighted by molar-refractivity contribution is 0.0464. The van der Waals surface area contributed by atoms with Crippen LogP contribution in [0, 0.1) is 6.92 Å². The van der Waals surface area contributed by atoms with E-state index < -0.39 is 0 Å². The average Bonchev–Trinajstić information content (AvgIpc) is 3.12. The van der Waals surface area contributed by atoms with Crippen molar-refractivity contribution in [2.75, 3.05) is 26.2 Å². The van der Waals surface area contributed by atoms with E-state index in [0.29, 0.717) is 6.54 Å². The largest absolute Gasteiger partial charge is 0.344 e. The summed E-state index contributed by atoms with van der Waals surface area (Å²) in [6, 6.07) is 4.06. The fourth-order valence-electron chi connectivity index (χ4n) is 3.32. The van der Waals surface area contributed by atoms with E-state index in [1.807, 2.05) is 59.6 Å². The topological polar surface area (TPSA) is 46.3 Å². The van der Waals surface area contributed by atoms with Crippen LogP contribution in [-0.4, -0.2) is 56.0 Å². The maximum absolute atomic E-state index is 12.9. The van der Waals surface area contributed by atoms with Gasteiger partial charge in [0.15, 0.2) is 0 Å². The van der Waals surface area contributed by atoms with E-state index in [0.717, 1.165) is 36.8 Å². The lowest BCUT2D eigenvalue weighted by Crippen LogP contribution is -2.51. The summed E-state index contributed by atoms with van der Waals surface area (Å²) in [5.41, 5.74) is 1.85. The van der Waals surface area contributed by atoms with Crippen molar-refractivity contribution in [2.45, 2.75) is 19.9 Å². The molecule has 3 rings (SSSR count). The SMILES string of the molecule is CCN1CCN(C(=O)c2ccc(C)n2C)CC1c1nccn1C. The molecular weight excluding hydrogens is 290 g/mol. The highest BCUT2D eigenvalue weighted by Crippen LogP contribution is 2.25. The molecular formula is C17H25N5O. The molecule has 1 amide bonds. The Morgan fingerprint density at radius 2 is 2.09 bits per heavy atom. The zero-order valence-electron chi connectivity index (χ0n) is 14.4. The summed E-state index contributed by atoms with van der Waals surface area (Å²) in [6.07, 6.45) is 3.79. The number of carbonyl (C=O) groups excluding carboxylic acids is 1. The van der Waals surface area contributed by atoms with Crippen LogP contribution in [0.3, 0.4) is 0 Å². The average molecular weight is 315 g/mol. The molecule has 0 aromatic carbocycles. The number of imidazole rings is 1. The second-order valence-corrected chi connectivity index (χ2v) is 6.21. The molecule has 2 aromatic rings. The molecule has 0 bridgehead atoms. The molecule has 0 saturated carbocycles. The van der Waals surface area contributed by atoms with Gasteiger partial charge in [-0.25, -0.2) is 4.98 Å². The van der Waals surface area contributed by atoms with Crippen LogP contribution in [0.4, 0.5) is 0 Å². The van der Waals surface area contributed by atoms with Crippen molar-refractivity contribution in [3.05, 3.63) is 41.7 Å². The number of nitrogens with zero attached hydrogens (tertiary/aromatic N) is 5. The van der Waals surface area contributed by atoms with Crippen molar-refractivity contribution in [1.82, 2.24) is 23.9 Å². The van der Waals surface area contributed by atoms with Gasteiger partial charge in [0.2, 0.25) is 0 Å². The zero-order chi connectivity index (χ0) is 16.6. The molecule has 1 aliphatic rings. The van der Waals surface area contributed by atoms with Gasteiger partial charge in [-0.15, -0.1) is 0 Å². The quantitative estimate of drug-likeness (QED) is 0.864. The van der Waals surface area contributed by atoms with Crippen LogP contribution in [0.15, 0.2) is 24.5 Å². The smallest absolute Gasteiger partial charge is 0.270 e. The van der Waals surface area contributed by atoms with Gasteiger partial charge in [0.05, 0.1) is 6.04 Å². The Balaban J connectivity index is 1.84. The molecule has 1 fully saturated rings. The Kier molecular flexibility index (Phi) is 4.26. The van der Waals surface area contributed by atoms with E-state index in [2.05, 4.69) is 16.8 Å². The lowest BCUT2D eigenvalue weighted by Gasteiger charge is -2.40. The molecule has 1 saturated heterocycles. The monoisotopic (exact) mass is 315 g/mol. The van der Waals surface area contributed by atoms with Crippen molar-refractivity contribution < 1.29 is 4.79 Å². The van der Waals surface area contributed by atoms with Gasteiger partial charge in [0.1, 0.15) is 11.5 Å². The first-order chi connectivity index (χ1) is 11.0. The molecule has 2 aromatic heterocycles. The minimum Gasteiger partial charge on any atom is -0.344 e. The van der Waals surface area contributed by atoms with Crippen LogP contribution in [-0.2, 0) is 14.1 Å². The molecule has 0 radical (unpaired) electrons. The van der Waals surface area contributed by atoms with Crippen LogP contribution in [0.2, 0.25) is 0 Å². The first-order valence-electron chi connectivity index (χ1n) is 8.15. The highest BCUT2D eigenvalue weighted by atomic mass is 16.2. The van der Waals surface area contributed by atoms with Crippen LogP contribution in [0.5, 0.6) is 0 Å². The zero-order valence-corrected chi connectivity index (χ0v) is 14.4. The normalized spacial score (nSPS) is 19.3. The first kappa shape index (κ1) is 15.8. The van der Waals surface area contributed by atoms with Gasteiger partial charge >= 0.3 is 0 Å². The molecule has 0 spiro atoms. The summed E-state index contributed by atoms with van der Waals surface area (Å²) in [5.74, 6) is 1.13. The number of carbonyl (C=O) groups is 1. The fraction of sp³-hybridized carbons (Fsp3) is 0.529.